The van der Waals surface area contributed by atoms with Gasteiger partial charge >= 0.3 is 0 Å². The minimum atomic E-state index is 0.323. The third-order valence-electron chi connectivity index (χ3n) is 3.96. The van der Waals surface area contributed by atoms with Crippen molar-refractivity contribution in [1.29, 1.82) is 0 Å². The number of unbranched alkanes of at least 4 members (excludes halogenated alkanes) is 1. The molecule has 1 N–H and O–H groups in total. The van der Waals surface area contributed by atoms with Crippen molar-refractivity contribution in [3.05, 3.63) is 35.9 Å². The standard InChI is InChI=1S/C16H26N2O/c1-15-13-17(9-5-6-12-19)10-11-18(15)14-16-7-3-2-4-8-16/h2-4,7-8,15,19H,5-6,9-14H2,1H3. The average Bonchev–Trinajstić information content (AvgIpc) is 2.43. The molecule has 106 valence electrons. The smallest absolute Gasteiger partial charge is 0.0431 e. The van der Waals surface area contributed by atoms with Gasteiger partial charge in [-0.2, -0.15) is 0 Å². The summed E-state index contributed by atoms with van der Waals surface area (Å²) in [5, 5.41) is 8.83. The molecule has 1 heterocycles. The zero-order chi connectivity index (χ0) is 13.5. The van der Waals surface area contributed by atoms with E-state index in [-0.39, 0.29) is 0 Å². The van der Waals surface area contributed by atoms with Crippen LogP contribution < -0.4 is 0 Å². The van der Waals surface area contributed by atoms with Crippen molar-refractivity contribution in [2.24, 2.45) is 0 Å². The summed E-state index contributed by atoms with van der Waals surface area (Å²) in [5.74, 6) is 0. The zero-order valence-electron chi connectivity index (χ0n) is 12.0. The average molecular weight is 262 g/mol. The molecule has 0 aliphatic carbocycles. The highest BCUT2D eigenvalue weighted by atomic mass is 16.2. The minimum Gasteiger partial charge on any atom is -0.396 e. The summed E-state index contributed by atoms with van der Waals surface area (Å²) in [7, 11) is 0. The number of rotatable bonds is 6. The summed E-state index contributed by atoms with van der Waals surface area (Å²) in [4.78, 5) is 5.10. The largest absolute Gasteiger partial charge is 0.396 e. The number of hydrogen-bond donors (Lipinski definition) is 1. The van der Waals surface area contributed by atoms with Crippen molar-refractivity contribution in [1.82, 2.24) is 9.80 Å². The monoisotopic (exact) mass is 262 g/mol. The minimum absolute atomic E-state index is 0.323. The Morgan fingerprint density at radius 1 is 1.16 bits per heavy atom. The number of aliphatic hydroxyl groups excluding tert-OH is 1. The lowest BCUT2D eigenvalue weighted by Crippen LogP contribution is -2.51. The van der Waals surface area contributed by atoms with Gasteiger partial charge in [-0.3, -0.25) is 4.90 Å². The first-order chi connectivity index (χ1) is 9.29. The zero-order valence-corrected chi connectivity index (χ0v) is 12.0. The molecule has 1 unspecified atom stereocenters. The highest BCUT2D eigenvalue weighted by Gasteiger charge is 2.22. The van der Waals surface area contributed by atoms with Crippen LogP contribution in [-0.4, -0.2) is 53.7 Å². The van der Waals surface area contributed by atoms with Gasteiger partial charge in [0.1, 0.15) is 0 Å². The SMILES string of the molecule is CC1CN(CCCCO)CCN1Cc1ccccc1. The van der Waals surface area contributed by atoms with Gasteiger partial charge in [0.05, 0.1) is 0 Å². The van der Waals surface area contributed by atoms with Gasteiger partial charge < -0.3 is 10.0 Å². The lowest BCUT2D eigenvalue weighted by molar-refractivity contribution is 0.0757. The van der Waals surface area contributed by atoms with Crippen LogP contribution in [0.25, 0.3) is 0 Å². The van der Waals surface area contributed by atoms with E-state index in [1.807, 2.05) is 0 Å². The van der Waals surface area contributed by atoms with E-state index in [1.54, 1.807) is 0 Å². The highest BCUT2D eigenvalue weighted by molar-refractivity contribution is 5.14. The number of benzene rings is 1. The summed E-state index contributed by atoms with van der Waals surface area (Å²) < 4.78 is 0. The van der Waals surface area contributed by atoms with E-state index in [0.717, 1.165) is 45.6 Å². The molecule has 1 aliphatic rings. The van der Waals surface area contributed by atoms with Gasteiger partial charge in [-0.1, -0.05) is 30.3 Å². The second-order valence-corrected chi connectivity index (χ2v) is 5.54. The van der Waals surface area contributed by atoms with E-state index in [2.05, 4.69) is 47.1 Å². The van der Waals surface area contributed by atoms with Gasteiger partial charge in [-0.05, 0) is 31.9 Å². The van der Waals surface area contributed by atoms with Crippen molar-refractivity contribution < 1.29 is 5.11 Å². The Labute approximate surface area is 116 Å². The van der Waals surface area contributed by atoms with E-state index >= 15 is 0 Å². The summed E-state index contributed by atoms with van der Waals surface area (Å²) >= 11 is 0. The Morgan fingerprint density at radius 2 is 1.95 bits per heavy atom. The molecule has 3 nitrogen and oxygen atoms in total. The summed E-state index contributed by atoms with van der Waals surface area (Å²) in [6.07, 6.45) is 2.04. The number of hydrogen-bond acceptors (Lipinski definition) is 3. The van der Waals surface area contributed by atoms with Crippen molar-refractivity contribution in [2.45, 2.75) is 32.4 Å². The predicted molar refractivity (Wildman–Crippen MR) is 79.1 cm³/mol. The molecule has 0 bridgehead atoms. The molecule has 1 aromatic carbocycles. The Kier molecular flexibility index (Phi) is 5.83. The van der Waals surface area contributed by atoms with Crippen molar-refractivity contribution in [2.75, 3.05) is 32.8 Å². The Morgan fingerprint density at radius 3 is 2.63 bits per heavy atom. The Balaban J connectivity index is 1.77. The maximum atomic E-state index is 8.83. The van der Waals surface area contributed by atoms with Crippen molar-refractivity contribution in [3.63, 3.8) is 0 Å². The van der Waals surface area contributed by atoms with E-state index in [1.165, 1.54) is 5.56 Å². The molecule has 1 aromatic rings. The maximum absolute atomic E-state index is 8.83. The van der Waals surface area contributed by atoms with Gasteiger partial charge in [0.25, 0.3) is 0 Å². The van der Waals surface area contributed by atoms with Gasteiger partial charge in [0, 0.05) is 38.8 Å². The Bertz CT molecular complexity index is 355. The van der Waals surface area contributed by atoms with E-state index in [9.17, 15) is 0 Å². The number of aliphatic hydroxyl groups is 1. The molecule has 0 radical (unpaired) electrons. The molecule has 1 saturated heterocycles. The van der Waals surface area contributed by atoms with E-state index < -0.39 is 0 Å². The molecule has 1 atom stereocenters. The molecule has 3 heteroatoms. The van der Waals surface area contributed by atoms with E-state index in [0.29, 0.717) is 12.6 Å². The fraction of sp³-hybridized carbons (Fsp3) is 0.625. The molecule has 19 heavy (non-hydrogen) atoms. The van der Waals surface area contributed by atoms with Gasteiger partial charge in [0.2, 0.25) is 0 Å². The van der Waals surface area contributed by atoms with Crippen LogP contribution in [0.15, 0.2) is 30.3 Å². The van der Waals surface area contributed by atoms with Crippen LogP contribution in [0.1, 0.15) is 25.3 Å². The normalized spacial score (nSPS) is 21.7. The van der Waals surface area contributed by atoms with Crippen LogP contribution in [0.2, 0.25) is 0 Å². The molecule has 0 saturated carbocycles. The molecule has 0 spiro atoms. The fourth-order valence-electron chi connectivity index (χ4n) is 2.77. The molecule has 1 fully saturated rings. The first kappa shape index (κ1) is 14.5. The van der Waals surface area contributed by atoms with Crippen molar-refractivity contribution in [3.8, 4) is 0 Å². The van der Waals surface area contributed by atoms with Crippen LogP contribution in [0.3, 0.4) is 0 Å². The van der Waals surface area contributed by atoms with Crippen LogP contribution in [-0.2, 0) is 6.54 Å². The number of nitrogens with zero attached hydrogens (tertiary/aromatic N) is 2. The Hall–Kier alpha value is -0.900. The summed E-state index contributed by atoms with van der Waals surface area (Å²) in [5.41, 5.74) is 1.41. The van der Waals surface area contributed by atoms with Crippen LogP contribution in [0.5, 0.6) is 0 Å². The quantitative estimate of drug-likeness (QED) is 0.794. The first-order valence-electron chi connectivity index (χ1n) is 7.41. The molecular weight excluding hydrogens is 236 g/mol. The lowest BCUT2D eigenvalue weighted by Gasteiger charge is -2.40. The van der Waals surface area contributed by atoms with Crippen LogP contribution >= 0.6 is 0 Å². The third kappa shape index (κ3) is 4.60. The van der Waals surface area contributed by atoms with Crippen LogP contribution in [0, 0.1) is 0 Å². The molecular formula is C16H26N2O. The van der Waals surface area contributed by atoms with Gasteiger partial charge in [-0.15, -0.1) is 0 Å². The molecule has 0 amide bonds. The molecule has 1 aliphatic heterocycles. The molecule has 2 rings (SSSR count). The summed E-state index contributed by atoms with van der Waals surface area (Å²) in [6.45, 7) is 8.29. The second kappa shape index (κ2) is 7.63. The summed E-state index contributed by atoms with van der Waals surface area (Å²) in [6, 6.07) is 11.3. The third-order valence-corrected chi connectivity index (χ3v) is 3.96. The second-order valence-electron chi connectivity index (χ2n) is 5.54. The van der Waals surface area contributed by atoms with Crippen LogP contribution in [0.4, 0.5) is 0 Å². The maximum Gasteiger partial charge on any atom is 0.0431 e. The van der Waals surface area contributed by atoms with E-state index in [4.69, 9.17) is 5.11 Å². The fourth-order valence-corrected chi connectivity index (χ4v) is 2.77. The lowest BCUT2D eigenvalue weighted by atomic mass is 10.1. The molecule has 0 aromatic heterocycles. The first-order valence-corrected chi connectivity index (χ1v) is 7.41. The van der Waals surface area contributed by atoms with Gasteiger partial charge in [-0.25, -0.2) is 0 Å². The number of piperazine rings is 1. The van der Waals surface area contributed by atoms with Crippen molar-refractivity contribution >= 4 is 0 Å². The predicted octanol–water partition coefficient (Wildman–Crippen LogP) is 1.97. The topological polar surface area (TPSA) is 26.7 Å². The highest BCUT2D eigenvalue weighted by Crippen LogP contribution is 2.14. The van der Waals surface area contributed by atoms with Gasteiger partial charge in [0.15, 0.2) is 0 Å².